The molecule has 0 saturated heterocycles. The number of halogens is 12. The van der Waals surface area contributed by atoms with E-state index in [0.29, 0.717) is 57.0 Å². The van der Waals surface area contributed by atoms with Crippen molar-refractivity contribution >= 4 is 97.4 Å². The average Bonchev–Trinajstić information content (AvgIpc) is 4.31. The largest absolute Gasteiger partial charge is 0.435 e. The molecule has 0 aliphatic carbocycles. The highest BCUT2D eigenvalue weighted by atomic mass is 35.5. The van der Waals surface area contributed by atoms with E-state index < -0.39 is 97.4 Å². The van der Waals surface area contributed by atoms with E-state index in [2.05, 4.69) is 36.8 Å². The minimum Gasteiger partial charge on any atom is -0.396 e. The Morgan fingerprint density at radius 2 is 1.05 bits per heavy atom. The van der Waals surface area contributed by atoms with Gasteiger partial charge in [0.2, 0.25) is 0 Å². The lowest BCUT2D eigenvalue weighted by Gasteiger charge is -2.29. The van der Waals surface area contributed by atoms with Crippen LogP contribution in [0.15, 0.2) is 113 Å². The molecule has 0 spiro atoms. The molecule has 2 aliphatic rings. The summed E-state index contributed by atoms with van der Waals surface area (Å²) in [7, 11) is 2.87. The van der Waals surface area contributed by atoms with Crippen molar-refractivity contribution in [3.05, 3.63) is 162 Å². The van der Waals surface area contributed by atoms with Crippen LogP contribution in [0.1, 0.15) is 69.7 Å². The molecule has 14 nitrogen and oxygen atoms in total. The molecule has 8 rings (SSSR count). The Morgan fingerprint density at radius 1 is 0.667 bits per heavy atom. The summed E-state index contributed by atoms with van der Waals surface area (Å²) in [6.45, 7) is 4.79. The molecule has 2 amide bonds. The quantitative estimate of drug-likeness (QED) is 0.0297. The third-order valence-corrected chi connectivity index (χ3v) is 13.1. The summed E-state index contributed by atoms with van der Waals surface area (Å²) >= 11 is 23.1. The van der Waals surface area contributed by atoms with Crippen LogP contribution in [-0.4, -0.2) is 88.6 Å². The third-order valence-electron chi connectivity index (χ3n) is 12.0. The maximum Gasteiger partial charge on any atom is 0.435 e. The Bertz CT molecular complexity index is 3210. The second kappa shape index (κ2) is 26.1. The Hall–Kier alpha value is -6.37. The highest BCUT2D eigenvalue weighted by Crippen LogP contribution is 2.52. The van der Waals surface area contributed by atoms with Gasteiger partial charge in [-0.05, 0) is 71.8 Å². The second-order valence-electron chi connectivity index (χ2n) is 16.7. The topological polar surface area (TPSA) is 177 Å². The van der Waals surface area contributed by atoms with Gasteiger partial charge in [-0.15, -0.1) is 0 Å². The number of oxime groups is 3. The molecular weight excluding hydrogens is 1130 g/mol. The molecule has 4 N–H and O–H groups in total. The number of carbonyl (C=O) groups excluding carboxylic acids is 2. The molecule has 6 aromatic carbocycles. The van der Waals surface area contributed by atoms with E-state index in [1.807, 2.05) is 6.92 Å². The summed E-state index contributed by atoms with van der Waals surface area (Å²) in [5.41, 5.74) is -5.58. The number of ether oxygens (including phenoxy) is 2. The van der Waals surface area contributed by atoms with E-state index in [4.69, 9.17) is 70.4 Å². The van der Waals surface area contributed by atoms with E-state index in [-0.39, 0.29) is 24.5 Å². The molecule has 0 aromatic heterocycles. The van der Waals surface area contributed by atoms with Crippen LogP contribution in [0.25, 0.3) is 21.5 Å². The number of hydrogen-bond acceptors (Lipinski definition) is 12. The molecule has 26 heteroatoms. The molecule has 0 radical (unpaired) electrons. The van der Waals surface area contributed by atoms with Crippen LogP contribution in [0.2, 0.25) is 20.1 Å². The first kappa shape index (κ1) is 60.9. The maximum atomic E-state index is 14.4. The lowest BCUT2D eigenvalue weighted by molar-refractivity contribution is -0.276. The zero-order valence-corrected chi connectivity index (χ0v) is 44.4. The van der Waals surface area contributed by atoms with E-state index in [1.54, 1.807) is 55.5 Å². The summed E-state index contributed by atoms with van der Waals surface area (Å²) in [5, 5.41) is 16.3. The molecule has 0 fully saturated rings. The Balaban J connectivity index is 0.000000236. The minimum atomic E-state index is -4.95. The fraction of sp³-hybridized carbons (Fsp3) is 0.288. The number of nitrogens with two attached hydrogens (primary N) is 1. The summed E-state index contributed by atoms with van der Waals surface area (Å²) in [4.78, 5) is 44.6. The second-order valence-corrected chi connectivity index (χ2v) is 18.3. The van der Waals surface area contributed by atoms with Crippen molar-refractivity contribution in [3.63, 3.8) is 0 Å². The molecule has 78 heavy (non-hydrogen) atoms. The molecule has 2 aliphatic heterocycles. The number of nitrogens with zero attached hydrogens (tertiary/aromatic N) is 3. The van der Waals surface area contributed by atoms with Gasteiger partial charge in [0.1, 0.15) is 6.61 Å². The molecule has 2 heterocycles. The van der Waals surface area contributed by atoms with Crippen molar-refractivity contribution < 1.29 is 73.5 Å². The van der Waals surface area contributed by atoms with Gasteiger partial charge < -0.3 is 39.5 Å². The van der Waals surface area contributed by atoms with Crippen molar-refractivity contribution in [3.8, 4) is 0 Å². The fourth-order valence-electron chi connectivity index (χ4n) is 8.10. The van der Waals surface area contributed by atoms with Crippen LogP contribution >= 0.6 is 46.4 Å². The smallest absolute Gasteiger partial charge is 0.396 e. The van der Waals surface area contributed by atoms with Gasteiger partial charge in [0.25, 0.3) is 23.0 Å². The zero-order valence-electron chi connectivity index (χ0n) is 41.4. The first-order chi connectivity index (χ1) is 37.0. The monoisotopic (exact) mass is 1170 g/mol. The number of alkyl halides is 6. The van der Waals surface area contributed by atoms with Crippen molar-refractivity contribution in [2.45, 2.75) is 56.5 Å². The number of nitrogens with one attached hydrogen (secondary N) is 2. The van der Waals surface area contributed by atoms with Crippen LogP contribution < -0.4 is 16.5 Å². The predicted molar refractivity (Wildman–Crippen MR) is 279 cm³/mol. The first-order valence-corrected chi connectivity index (χ1v) is 24.6. The van der Waals surface area contributed by atoms with Crippen LogP contribution in [0.4, 0.5) is 35.1 Å². The van der Waals surface area contributed by atoms with Gasteiger partial charge in [-0.2, -0.15) is 26.3 Å². The number of benzene rings is 6. The highest BCUT2D eigenvalue weighted by Gasteiger charge is 2.64. The van der Waals surface area contributed by atoms with Gasteiger partial charge in [-0.25, -0.2) is 14.7 Å². The summed E-state index contributed by atoms with van der Waals surface area (Å²) < 4.78 is 124. The molecular formula is C52H46Cl4F8N6O8. The Kier molecular flexibility index (Phi) is 20.3. The molecule has 416 valence electrons. The van der Waals surface area contributed by atoms with Gasteiger partial charge in [0.15, 0.2) is 17.9 Å². The number of amides is 2. The molecule has 0 bridgehead atoms. The SMILES string of the molecule is CCO/N=C/CNC(=O)c1ccc(C2=NOC(c3cc(Cl)c(F)c(Cl)c3)(C(F)(F)F)C2)c2ccccc12.CCON.COC(CNC(=O)c1ccc(C2=NOC(c3cc(Cl)c(F)c(Cl)c3)(C(F)(F)F)C2)c2ccccc12)OC. The van der Waals surface area contributed by atoms with Gasteiger partial charge in [-0.3, -0.25) is 9.59 Å². The minimum absolute atomic E-state index is 0.0131. The predicted octanol–water partition coefficient (Wildman–Crippen LogP) is 12.7. The standard InChI is InChI=1S/C25H19Cl2F4N3O3.C25H20Cl2F4N2O4.C2H7NO/c1-2-36-33-10-9-32-23(35)18-8-7-17(15-5-3-4-6-16(15)18)21-13-24(37-34-21,25(29,30)31)14-11-19(26)22(28)20(27)12-14;1-35-21(36-2)12-32-23(34)17-8-7-16(14-5-3-4-6-15(14)17)20-11-24(37-33-20,25(29,30)31)13-9-18(26)22(28)19(27)10-13;1-2-4-3/h3-8,10-12H,2,9,13H2,1H3,(H,32,35);3-10,21H,11-12H2,1-2H3,(H,32,34);2-3H2,1H3/b33-10+;;. The fourth-order valence-corrected chi connectivity index (χ4v) is 9.08. The van der Waals surface area contributed by atoms with Crippen molar-refractivity contribution in [1.82, 2.24) is 10.6 Å². The molecule has 2 unspecified atom stereocenters. The van der Waals surface area contributed by atoms with Crippen molar-refractivity contribution in [2.24, 2.45) is 21.4 Å². The normalized spacial score (nSPS) is 17.2. The van der Waals surface area contributed by atoms with Crippen LogP contribution in [0.5, 0.6) is 0 Å². The van der Waals surface area contributed by atoms with Gasteiger partial charge in [0.05, 0.1) is 57.4 Å². The number of fused-ring (bicyclic) bond motifs is 2. The molecule has 6 aromatic rings. The van der Waals surface area contributed by atoms with Gasteiger partial charge >= 0.3 is 12.4 Å². The summed E-state index contributed by atoms with van der Waals surface area (Å²) in [6, 6.07) is 22.8. The van der Waals surface area contributed by atoms with Gasteiger partial charge in [0, 0.05) is 60.4 Å². The number of carbonyl (C=O) groups is 2. The highest BCUT2D eigenvalue weighted by molar-refractivity contribution is 6.35. The summed E-state index contributed by atoms with van der Waals surface area (Å²) in [6.07, 6.45) is -10.6. The van der Waals surface area contributed by atoms with Crippen LogP contribution in [0.3, 0.4) is 0 Å². The lowest BCUT2D eigenvalue weighted by atomic mass is 9.85. The number of methoxy groups -OCH3 is 2. The van der Waals surface area contributed by atoms with E-state index in [1.165, 1.54) is 44.7 Å². The first-order valence-electron chi connectivity index (χ1n) is 23.1. The lowest BCUT2D eigenvalue weighted by Crippen LogP contribution is -2.42. The van der Waals surface area contributed by atoms with Crippen LogP contribution in [-0.2, 0) is 40.0 Å². The van der Waals surface area contributed by atoms with E-state index in [9.17, 15) is 44.7 Å². The van der Waals surface area contributed by atoms with Crippen molar-refractivity contribution in [1.29, 1.82) is 0 Å². The average molecular weight is 1180 g/mol. The Morgan fingerprint density at radius 3 is 1.41 bits per heavy atom. The van der Waals surface area contributed by atoms with E-state index in [0.717, 1.165) is 24.3 Å². The molecule has 0 saturated carbocycles. The summed E-state index contributed by atoms with van der Waals surface area (Å²) in [5.74, 6) is 1.63. The maximum absolute atomic E-state index is 14.4. The number of rotatable bonds is 15. The third kappa shape index (κ3) is 13.0. The molecule has 2 atom stereocenters. The zero-order chi connectivity index (χ0) is 57.2. The van der Waals surface area contributed by atoms with Gasteiger partial charge in [-0.1, -0.05) is 123 Å². The van der Waals surface area contributed by atoms with Crippen LogP contribution in [0, 0.1) is 11.6 Å². The Labute approximate surface area is 460 Å². The van der Waals surface area contributed by atoms with E-state index >= 15 is 0 Å². The van der Waals surface area contributed by atoms with Crippen molar-refractivity contribution in [2.75, 3.05) is 40.5 Å². The number of hydrogen-bond donors (Lipinski definition) is 3.